The van der Waals surface area contributed by atoms with Gasteiger partial charge in [0.2, 0.25) is 15.9 Å². The first-order valence-electron chi connectivity index (χ1n) is 15.0. The molecule has 2 aliphatic heterocycles. The van der Waals surface area contributed by atoms with Gasteiger partial charge in [-0.3, -0.25) is 14.5 Å². The van der Waals surface area contributed by atoms with Crippen molar-refractivity contribution in [3.63, 3.8) is 0 Å². The van der Waals surface area contributed by atoms with Crippen LogP contribution in [0.4, 0.5) is 0 Å². The van der Waals surface area contributed by atoms with Gasteiger partial charge in [-0.2, -0.15) is 4.31 Å². The Bertz CT molecular complexity index is 1380. The summed E-state index contributed by atoms with van der Waals surface area (Å²) in [6.45, 7) is 12.5. The van der Waals surface area contributed by atoms with E-state index in [-0.39, 0.29) is 29.5 Å². The first-order valence-corrected chi connectivity index (χ1v) is 17.3. The fourth-order valence-electron chi connectivity index (χ4n) is 6.50. The van der Waals surface area contributed by atoms with Gasteiger partial charge in [0, 0.05) is 54.7 Å². The summed E-state index contributed by atoms with van der Waals surface area (Å²) >= 11 is 12.7. The van der Waals surface area contributed by atoms with E-state index in [4.69, 9.17) is 23.2 Å². The highest BCUT2D eigenvalue weighted by Gasteiger charge is 2.52. The van der Waals surface area contributed by atoms with Gasteiger partial charge >= 0.3 is 5.97 Å². The largest absolute Gasteiger partial charge is 0.481 e. The Morgan fingerprint density at radius 2 is 1.88 bits per heavy atom. The molecule has 4 atom stereocenters. The van der Waals surface area contributed by atoms with Gasteiger partial charge in [0.15, 0.2) is 0 Å². The van der Waals surface area contributed by atoms with E-state index in [1.54, 1.807) is 29.4 Å². The summed E-state index contributed by atoms with van der Waals surface area (Å²) in [5, 5.41) is 10.7. The van der Waals surface area contributed by atoms with Crippen LogP contribution in [0, 0.1) is 5.41 Å². The van der Waals surface area contributed by atoms with Gasteiger partial charge in [-0.05, 0) is 62.0 Å². The Morgan fingerprint density at radius 1 is 1.21 bits per heavy atom. The van der Waals surface area contributed by atoms with Crippen molar-refractivity contribution >= 4 is 45.1 Å². The van der Waals surface area contributed by atoms with E-state index >= 15 is 0 Å². The van der Waals surface area contributed by atoms with Crippen molar-refractivity contribution in [2.24, 2.45) is 5.41 Å². The van der Waals surface area contributed by atoms with Crippen molar-refractivity contribution in [1.82, 2.24) is 14.1 Å². The highest BCUT2D eigenvalue weighted by molar-refractivity contribution is 7.90. The van der Waals surface area contributed by atoms with Crippen LogP contribution in [0.5, 0.6) is 0 Å². The fourth-order valence-corrected chi connectivity index (χ4v) is 8.59. The van der Waals surface area contributed by atoms with Crippen molar-refractivity contribution < 1.29 is 23.1 Å². The molecule has 0 radical (unpaired) electrons. The monoisotopic (exact) mass is 651 g/mol. The highest BCUT2D eigenvalue weighted by Crippen LogP contribution is 2.48. The van der Waals surface area contributed by atoms with Gasteiger partial charge in [0.05, 0.1) is 23.1 Å². The smallest absolute Gasteiger partial charge is 0.304 e. The quantitative estimate of drug-likeness (QED) is 0.293. The average Bonchev–Trinajstić information content (AvgIpc) is 3.82. The lowest BCUT2D eigenvalue weighted by atomic mass is 9.67. The molecule has 11 heteroatoms. The molecule has 1 aromatic rings. The van der Waals surface area contributed by atoms with Crippen LogP contribution in [-0.4, -0.2) is 89.6 Å². The summed E-state index contributed by atoms with van der Waals surface area (Å²) in [6.07, 6.45) is 7.47. The Labute approximate surface area is 266 Å². The Hall–Kier alpha value is -2.17. The summed E-state index contributed by atoms with van der Waals surface area (Å²) in [5.74, 6) is -1.51. The van der Waals surface area contributed by atoms with E-state index in [1.807, 2.05) is 43.0 Å². The molecule has 0 aromatic heterocycles. The molecule has 1 saturated carbocycles. The summed E-state index contributed by atoms with van der Waals surface area (Å²) in [7, 11) is -3.24. The van der Waals surface area contributed by atoms with Crippen LogP contribution in [0.1, 0.15) is 64.4 Å². The molecule has 1 aromatic carbocycles. The summed E-state index contributed by atoms with van der Waals surface area (Å²) in [6, 6.07) is 6.78. The van der Waals surface area contributed by atoms with Crippen molar-refractivity contribution in [3.05, 3.63) is 70.3 Å². The minimum Gasteiger partial charge on any atom is -0.481 e. The molecule has 2 saturated heterocycles. The maximum atomic E-state index is 14.5. The van der Waals surface area contributed by atoms with Gasteiger partial charge in [-0.1, -0.05) is 67.9 Å². The molecule has 1 aliphatic carbocycles. The van der Waals surface area contributed by atoms with E-state index in [1.165, 1.54) is 0 Å². The van der Waals surface area contributed by atoms with E-state index in [2.05, 4.69) is 11.5 Å². The number of sulfonamides is 1. The van der Waals surface area contributed by atoms with Crippen molar-refractivity contribution in [3.8, 4) is 0 Å². The number of carbonyl (C=O) groups is 2. The van der Waals surface area contributed by atoms with Gasteiger partial charge in [0.1, 0.15) is 0 Å². The number of amides is 1. The maximum Gasteiger partial charge on any atom is 0.304 e. The molecule has 0 spiro atoms. The SMILES string of the molecule is C=C(/C=C\C(Cl)=C/C)[C@@H]1[C@@H](c2cccc(Cl)c2)C[C@](C)(CC(=O)O)C(=O)N1[C@@H](CC)CN1CCN(S(=O)(=O)C2CC2)CC1. The first kappa shape index (κ1) is 33.7. The van der Waals surface area contributed by atoms with Crippen LogP contribution in [0.2, 0.25) is 5.02 Å². The number of rotatable bonds is 12. The third-order valence-corrected chi connectivity index (χ3v) is 12.0. The van der Waals surface area contributed by atoms with Crippen LogP contribution < -0.4 is 0 Å². The topological polar surface area (TPSA) is 98.2 Å². The third kappa shape index (κ3) is 7.74. The van der Waals surface area contributed by atoms with Crippen molar-refractivity contribution in [2.75, 3.05) is 32.7 Å². The first-order chi connectivity index (χ1) is 20.3. The van der Waals surface area contributed by atoms with E-state index in [0.717, 1.165) is 18.4 Å². The molecule has 1 N–H and O–H groups in total. The number of carboxylic acids is 1. The van der Waals surface area contributed by atoms with Gasteiger partial charge in [-0.15, -0.1) is 0 Å². The Morgan fingerprint density at radius 3 is 2.44 bits per heavy atom. The molecule has 3 fully saturated rings. The van der Waals surface area contributed by atoms with E-state index in [9.17, 15) is 23.1 Å². The zero-order valence-electron chi connectivity index (χ0n) is 25.2. The standard InChI is InChI=1S/C32H43Cl2N3O5S/c1-5-24(33)11-10-22(3)30-28(23-8-7-9-25(34)18-23)19-32(4,20-29(38)39)31(40)37(30)26(6-2)21-35-14-16-36(17-15-35)43(41,42)27-12-13-27/h5,7-11,18,26-28,30H,3,6,12-17,19-21H2,1-2,4H3,(H,38,39)/b11-10-,24-5+/t26-,28+,30+,32+/m0/s1. The molecule has 1 amide bonds. The summed E-state index contributed by atoms with van der Waals surface area (Å²) in [4.78, 5) is 30.6. The number of aliphatic carboxylic acids is 1. The van der Waals surface area contributed by atoms with Gasteiger partial charge < -0.3 is 10.0 Å². The van der Waals surface area contributed by atoms with E-state index in [0.29, 0.717) is 61.2 Å². The average molecular weight is 653 g/mol. The van der Waals surface area contributed by atoms with E-state index < -0.39 is 27.4 Å². The lowest BCUT2D eigenvalue weighted by Gasteiger charge is -2.52. The van der Waals surface area contributed by atoms with Crippen LogP contribution >= 0.6 is 23.2 Å². The molecule has 236 valence electrons. The molecule has 43 heavy (non-hydrogen) atoms. The maximum absolute atomic E-state index is 14.5. The second-order valence-electron chi connectivity index (χ2n) is 12.2. The second-order valence-corrected chi connectivity index (χ2v) is 15.3. The number of piperidine rings is 1. The minimum atomic E-state index is -3.24. The summed E-state index contributed by atoms with van der Waals surface area (Å²) < 4.78 is 27.2. The van der Waals surface area contributed by atoms with Crippen LogP contribution in [-0.2, 0) is 19.6 Å². The summed E-state index contributed by atoms with van der Waals surface area (Å²) in [5.41, 5.74) is 0.451. The molecular weight excluding hydrogens is 609 g/mol. The number of halogens is 2. The number of carboxylic acid groups (broad SMARTS) is 1. The normalized spacial score (nSPS) is 27.0. The number of allylic oxidation sites excluding steroid dienone is 3. The van der Waals surface area contributed by atoms with Crippen LogP contribution in [0.15, 0.2) is 59.7 Å². The lowest BCUT2D eigenvalue weighted by Crippen LogP contribution is -2.62. The minimum absolute atomic E-state index is 0.216. The lowest BCUT2D eigenvalue weighted by molar-refractivity contribution is -0.159. The second kappa shape index (κ2) is 13.9. The number of piperazine rings is 1. The number of likely N-dealkylation sites (tertiary alicyclic amines) is 1. The number of hydrogen-bond donors (Lipinski definition) is 1. The Balaban J connectivity index is 1.70. The number of carbonyl (C=O) groups excluding carboxylic acids is 1. The number of nitrogens with zero attached hydrogens (tertiary/aromatic N) is 3. The van der Waals surface area contributed by atoms with Gasteiger partial charge in [0.25, 0.3) is 0 Å². The predicted molar refractivity (Wildman–Crippen MR) is 172 cm³/mol. The molecule has 0 bridgehead atoms. The van der Waals surface area contributed by atoms with Crippen LogP contribution in [0.25, 0.3) is 0 Å². The molecule has 4 rings (SSSR count). The molecule has 3 aliphatic rings. The number of hydrogen-bond acceptors (Lipinski definition) is 5. The molecule has 2 heterocycles. The molecule has 8 nitrogen and oxygen atoms in total. The third-order valence-electron chi connectivity index (χ3n) is 9.00. The Kier molecular flexibility index (Phi) is 10.9. The highest BCUT2D eigenvalue weighted by atomic mass is 35.5. The zero-order chi connectivity index (χ0) is 31.5. The van der Waals surface area contributed by atoms with Gasteiger partial charge in [-0.25, -0.2) is 8.42 Å². The van der Waals surface area contributed by atoms with Crippen LogP contribution in [0.3, 0.4) is 0 Å². The predicted octanol–water partition coefficient (Wildman–Crippen LogP) is 5.65. The fraction of sp³-hybridized carbons (Fsp3) is 0.562. The van der Waals surface area contributed by atoms with Crippen molar-refractivity contribution in [2.45, 2.75) is 76.1 Å². The van der Waals surface area contributed by atoms with Crippen molar-refractivity contribution in [1.29, 1.82) is 0 Å². The number of benzene rings is 1. The molecular formula is C32H43Cl2N3O5S. The zero-order valence-corrected chi connectivity index (χ0v) is 27.5. The molecule has 0 unspecified atom stereocenters.